The van der Waals surface area contributed by atoms with E-state index in [1.165, 1.54) is 11.1 Å². The monoisotopic (exact) mass is 246 g/mol. The number of hydrogen-bond acceptors (Lipinski definition) is 2. The molecule has 1 aliphatic heterocycles. The third-order valence-electron chi connectivity index (χ3n) is 3.59. The molecule has 1 aromatic rings. The summed E-state index contributed by atoms with van der Waals surface area (Å²) in [6.07, 6.45) is 1.72. The molecule has 1 heterocycles. The first-order valence-corrected chi connectivity index (χ1v) is 6.79. The Labute approximate surface area is 109 Å². The van der Waals surface area contributed by atoms with Crippen LogP contribution in [-0.2, 0) is 4.79 Å². The smallest absolute Gasteiger partial charge is 0.222 e. The van der Waals surface area contributed by atoms with E-state index < -0.39 is 0 Å². The Balaban J connectivity index is 2.13. The summed E-state index contributed by atoms with van der Waals surface area (Å²) in [6.45, 7) is 6.85. The Morgan fingerprint density at radius 1 is 1.39 bits per heavy atom. The number of nitrogens with one attached hydrogen (secondary N) is 1. The first-order valence-electron chi connectivity index (χ1n) is 6.79. The van der Waals surface area contributed by atoms with Gasteiger partial charge in [-0.2, -0.15) is 0 Å². The Kier molecular flexibility index (Phi) is 4.37. The van der Waals surface area contributed by atoms with Crippen molar-refractivity contribution < 1.29 is 4.79 Å². The number of aryl methyl sites for hydroxylation is 1. The van der Waals surface area contributed by atoms with Gasteiger partial charge in [-0.25, -0.2) is 0 Å². The summed E-state index contributed by atoms with van der Waals surface area (Å²) >= 11 is 0. The van der Waals surface area contributed by atoms with E-state index in [1.807, 2.05) is 4.90 Å². The minimum absolute atomic E-state index is 0.248. The van der Waals surface area contributed by atoms with Crippen molar-refractivity contribution in [2.45, 2.75) is 32.7 Å². The van der Waals surface area contributed by atoms with Crippen LogP contribution >= 0.6 is 0 Å². The number of likely N-dealkylation sites (N-methyl/N-ethyl adjacent to an activating group) is 1. The van der Waals surface area contributed by atoms with Crippen molar-refractivity contribution in [1.29, 1.82) is 0 Å². The van der Waals surface area contributed by atoms with Crippen molar-refractivity contribution in [3.63, 3.8) is 0 Å². The maximum atomic E-state index is 11.7. The van der Waals surface area contributed by atoms with Crippen LogP contribution in [0.25, 0.3) is 0 Å². The molecule has 0 radical (unpaired) electrons. The molecule has 98 valence electrons. The second-order valence-corrected chi connectivity index (χ2v) is 4.91. The largest absolute Gasteiger partial charge is 0.341 e. The molecule has 1 unspecified atom stereocenters. The summed E-state index contributed by atoms with van der Waals surface area (Å²) in [5.41, 5.74) is 2.59. The van der Waals surface area contributed by atoms with Crippen molar-refractivity contribution in [2.24, 2.45) is 0 Å². The van der Waals surface area contributed by atoms with Crippen molar-refractivity contribution in [1.82, 2.24) is 10.2 Å². The quantitative estimate of drug-likeness (QED) is 0.864. The minimum atomic E-state index is 0.248. The molecule has 1 fully saturated rings. The predicted octanol–water partition coefficient (Wildman–Crippen LogP) is 2.27. The third-order valence-corrected chi connectivity index (χ3v) is 3.59. The maximum Gasteiger partial charge on any atom is 0.222 e. The second kappa shape index (κ2) is 6.01. The highest BCUT2D eigenvalue weighted by atomic mass is 16.2. The fraction of sp³-hybridized carbons (Fsp3) is 0.533. The van der Waals surface area contributed by atoms with Crippen molar-refractivity contribution in [3.8, 4) is 0 Å². The van der Waals surface area contributed by atoms with Crippen LogP contribution in [0.4, 0.5) is 0 Å². The number of amides is 1. The number of likely N-dealkylation sites (tertiary alicyclic amines) is 1. The highest BCUT2D eigenvalue weighted by molar-refractivity contribution is 5.78. The fourth-order valence-electron chi connectivity index (χ4n) is 2.61. The molecule has 2 rings (SSSR count). The van der Waals surface area contributed by atoms with Crippen LogP contribution in [0.3, 0.4) is 0 Å². The molecule has 1 aromatic carbocycles. The van der Waals surface area contributed by atoms with E-state index in [1.54, 1.807) is 0 Å². The average molecular weight is 246 g/mol. The number of benzene rings is 1. The van der Waals surface area contributed by atoms with E-state index in [4.69, 9.17) is 0 Å². The molecule has 3 heteroatoms. The van der Waals surface area contributed by atoms with Crippen LogP contribution in [-0.4, -0.2) is 30.4 Å². The lowest BCUT2D eigenvalue weighted by Gasteiger charge is -2.26. The SMILES string of the molecule is CCNC(CN1CCCC1=O)c1ccccc1C. The number of nitrogens with zero attached hydrogens (tertiary/aromatic N) is 1. The summed E-state index contributed by atoms with van der Waals surface area (Å²) in [5.74, 6) is 0.298. The molecule has 0 bridgehead atoms. The van der Waals surface area contributed by atoms with Crippen LogP contribution in [0.1, 0.15) is 36.9 Å². The normalized spacial score (nSPS) is 17.2. The molecule has 1 amide bonds. The highest BCUT2D eigenvalue weighted by Crippen LogP contribution is 2.21. The van der Waals surface area contributed by atoms with E-state index in [2.05, 4.69) is 43.4 Å². The molecule has 1 aliphatic rings. The zero-order valence-corrected chi connectivity index (χ0v) is 11.3. The second-order valence-electron chi connectivity index (χ2n) is 4.91. The fourth-order valence-corrected chi connectivity index (χ4v) is 2.61. The molecule has 0 aliphatic carbocycles. The Hall–Kier alpha value is -1.35. The van der Waals surface area contributed by atoms with Crippen molar-refractivity contribution in [3.05, 3.63) is 35.4 Å². The zero-order chi connectivity index (χ0) is 13.0. The molecule has 1 atom stereocenters. The van der Waals surface area contributed by atoms with Crippen LogP contribution < -0.4 is 5.32 Å². The van der Waals surface area contributed by atoms with Crippen molar-refractivity contribution >= 4 is 5.91 Å². The van der Waals surface area contributed by atoms with Crippen LogP contribution in [0.15, 0.2) is 24.3 Å². The van der Waals surface area contributed by atoms with Gasteiger partial charge in [-0.3, -0.25) is 4.79 Å². The summed E-state index contributed by atoms with van der Waals surface area (Å²) in [6, 6.07) is 8.66. The van der Waals surface area contributed by atoms with Crippen LogP contribution in [0, 0.1) is 6.92 Å². The number of hydrogen-bond donors (Lipinski definition) is 1. The molecule has 18 heavy (non-hydrogen) atoms. The van der Waals surface area contributed by atoms with E-state index >= 15 is 0 Å². The first kappa shape index (κ1) is 13.1. The number of rotatable bonds is 5. The maximum absolute atomic E-state index is 11.7. The minimum Gasteiger partial charge on any atom is -0.341 e. The summed E-state index contributed by atoms with van der Waals surface area (Å²) in [4.78, 5) is 13.7. The molecular formula is C15H22N2O. The standard InChI is InChI=1S/C15H22N2O/c1-3-16-14(11-17-10-6-9-15(17)18)13-8-5-4-7-12(13)2/h4-5,7-8,14,16H,3,6,9-11H2,1-2H3. The topological polar surface area (TPSA) is 32.3 Å². The van der Waals surface area contributed by atoms with Gasteiger partial charge in [-0.15, -0.1) is 0 Å². The third kappa shape index (κ3) is 2.91. The summed E-state index contributed by atoms with van der Waals surface area (Å²) in [7, 11) is 0. The summed E-state index contributed by atoms with van der Waals surface area (Å²) < 4.78 is 0. The number of carbonyl (C=O) groups excluding carboxylic acids is 1. The molecule has 1 N–H and O–H groups in total. The van der Waals surface area contributed by atoms with E-state index in [-0.39, 0.29) is 6.04 Å². The molecule has 0 aromatic heterocycles. The lowest BCUT2D eigenvalue weighted by Crippen LogP contribution is -2.36. The predicted molar refractivity (Wildman–Crippen MR) is 73.4 cm³/mol. The molecular weight excluding hydrogens is 224 g/mol. The lowest BCUT2D eigenvalue weighted by atomic mass is 10.0. The Morgan fingerprint density at radius 2 is 2.17 bits per heavy atom. The summed E-state index contributed by atoms with van der Waals surface area (Å²) in [5, 5.41) is 3.49. The van der Waals surface area contributed by atoms with Gasteiger partial charge >= 0.3 is 0 Å². The number of carbonyl (C=O) groups is 1. The average Bonchev–Trinajstić information content (AvgIpc) is 2.75. The Morgan fingerprint density at radius 3 is 2.78 bits per heavy atom. The molecule has 1 saturated heterocycles. The molecule has 3 nitrogen and oxygen atoms in total. The van der Waals surface area contributed by atoms with Gasteiger partial charge in [0.25, 0.3) is 0 Å². The van der Waals surface area contributed by atoms with E-state index in [9.17, 15) is 4.79 Å². The van der Waals surface area contributed by atoms with Gasteiger partial charge in [0.05, 0.1) is 6.04 Å². The van der Waals surface area contributed by atoms with Gasteiger partial charge in [-0.1, -0.05) is 31.2 Å². The molecule has 0 saturated carbocycles. The van der Waals surface area contributed by atoms with Crippen molar-refractivity contribution in [2.75, 3.05) is 19.6 Å². The van der Waals surface area contributed by atoms with Gasteiger partial charge in [0.2, 0.25) is 5.91 Å². The molecule has 0 spiro atoms. The zero-order valence-electron chi connectivity index (χ0n) is 11.3. The van der Waals surface area contributed by atoms with Gasteiger partial charge in [0, 0.05) is 19.5 Å². The van der Waals surface area contributed by atoms with Gasteiger partial charge in [0.1, 0.15) is 0 Å². The van der Waals surface area contributed by atoms with Gasteiger partial charge in [-0.05, 0) is 31.0 Å². The van der Waals surface area contributed by atoms with Crippen LogP contribution in [0.2, 0.25) is 0 Å². The first-order chi connectivity index (χ1) is 8.72. The van der Waals surface area contributed by atoms with E-state index in [0.717, 1.165) is 26.1 Å². The van der Waals surface area contributed by atoms with Gasteiger partial charge < -0.3 is 10.2 Å². The highest BCUT2D eigenvalue weighted by Gasteiger charge is 2.24. The Bertz CT molecular complexity index is 417. The van der Waals surface area contributed by atoms with Crippen LogP contribution in [0.5, 0.6) is 0 Å². The van der Waals surface area contributed by atoms with Gasteiger partial charge in [0.15, 0.2) is 0 Å². The van der Waals surface area contributed by atoms with E-state index in [0.29, 0.717) is 12.3 Å². The lowest BCUT2D eigenvalue weighted by molar-refractivity contribution is -0.128.